The highest BCUT2D eigenvalue weighted by Crippen LogP contribution is 2.33. The Balaban J connectivity index is 2.75. The van der Waals surface area contributed by atoms with Crippen LogP contribution in [0.3, 0.4) is 0 Å². The lowest BCUT2D eigenvalue weighted by atomic mass is 10.2. The summed E-state index contributed by atoms with van der Waals surface area (Å²) in [4.78, 5) is 14.3. The maximum absolute atomic E-state index is 10.7. The van der Waals surface area contributed by atoms with Crippen molar-refractivity contribution in [2.24, 2.45) is 0 Å². The molecule has 0 atom stereocenters. The van der Waals surface area contributed by atoms with Crippen molar-refractivity contribution in [3.8, 4) is 5.75 Å². The van der Waals surface area contributed by atoms with Crippen molar-refractivity contribution in [3.05, 3.63) is 39.0 Å². The minimum Gasteiger partial charge on any atom is -0.497 e. The number of hydrogen-bond donors (Lipinski definition) is 0. The van der Waals surface area contributed by atoms with E-state index in [-0.39, 0.29) is 5.69 Å². The zero-order chi connectivity index (χ0) is 11.7. The van der Waals surface area contributed by atoms with Gasteiger partial charge in [0.15, 0.2) is 0 Å². The van der Waals surface area contributed by atoms with Crippen LogP contribution in [0.2, 0.25) is 0 Å². The highest BCUT2D eigenvalue weighted by molar-refractivity contribution is 9.10. The third kappa shape index (κ3) is 1.71. The second-order valence-electron chi connectivity index (χ2n) is 3.10. The van der Waals surface area contributed by atoms with Crippen LogP contribution < -0.4 is 4.74 Å². The van der Waals surface area contributed by atoms with Crippen LogP contribution in [0.4, 0.5) is 5.69 Å². The maximum atomic E-state index is 10.7. The van der Waals surface area contributed by atoms with Crippen molar-refractivity contribution in [1.29, 1.82) is 0 Å². The van der Waals surface area contributed by atoms with Gasteiger partial charge in [-0.1, -0.05) is 0 Å². The molecule has 0 fully saturated rings. The van der Waals surface area contributed by atoms with Gasteiger partial charge in [0, 0.05) is 5.39 Å². The molecule has 0 unspecified atom stereocenters. The van der Waals surface area contributed by atoms with Gasteiger partial charge in [-0.25, -0.2) is 4.98 Å². The summed E-state index contributed by atoms with van der Waals surface area (Å²) in [5, 5.41) is 11.4. The summed E-state index contributed by atoms with van der Waals surface area (Å²) in [5.41, 5.74) is 0.624. The molecule has 1 aromatic heterocycles. The number of halogens is 1. The molecule has 2 aromatic rings. The molecular formula is C10H7BrN2O3. The van der Waals surface area contributed by atoms with Crippen LogP contribution in [0, 0.1) is 10.1 Å². The summed E-state index contributed by atoms with van der Waals surface area (Å²) in [6.07, 6.45) is 1.24. The Hall–Kier alpha value is -1.69. The standard InChI is InChI=1S/C10H7BrN2O3/c1-16-6-2-3-8-7(4-6)10(11)9(5-12-8)13(14)15/h2-5H,1H3. The first kappa shape index (κ1) is 10.8. The number of fused-ring (bicyclic) bond motifs is 1. The fourth-order valence-corrected chi connectivity index (χ4v) is 1.95. The van der Waals surface area contributed by atoms with E-state index in [1.165, 1.54) is 6.20 Å². The van der Waals surface area contributed by atoms with Crippen LogP contribution in [0.25, 0.3) is 10.9 Å². The van der Waals surface area contributed by atoms with Crippen LogP contribution in [-0.4, -0.2) is 17.0 Å². The van der Waals surface area contributed by atoms with Gasteiger partial charge in [-0.3, -0.25) is 10.1 Å². The van der Waals surface area contributed by atoms with Gasteiger partial charge < -0.3 is 4.74 Å². The first-order chi connectivity index (χ1) is 7.63. The molecule has 0 saturated heterocycles. The molecule has 0 amide bonds. The molecule has 1 heterocycles. The zero-order valence-electron chi connectivity index (χ0n) is 8.31. The average Bonchev–Trinajstić information content (AvgIpc) is 2.28. The Labute approximate surface area is 99.3 Å². The first-order valence-corrected chi connectivity index (χ1v) is 5.19. The smallest absolute Gasteiger partial charge is 0.302 e. The number of benzene rings is 1. The minimum absolute atomic E-state index is 0.0549. The normalized spacial score (nSPS) is 10.4. The number of pyridine rings is 1. The molecule has 0 bridgehead atoms. The molecule has 0 aliphatic heterocycles. The zero-order valence-corrected chi connectivity index (χ0v) is 9.89. The van der Waals surface area contributed by atoms with E-state index in [4.69, 9.17) is 4.74 Å². The molecule has 6 heteroatoms. The molecule has 1 aromatic carbocycles. The highest BCUT2D eigenvalue weighted by Gasteiger charge is 2.15. The Morgan fingerprint density at radius 1 is 1.50 bits per heavy atom. The molecule has 0 radical (unpaired) electrons. The third-order valence-corrected chi connectivity index (χ3v) is 3.02. The van der Waals surface area contributed by atoms with E-state index >= 15 is 0 Å². The van der Waals surface area contributed by atoms with Gasteiger partial charge in [-0.05, 0) is 34.1 Å². The van der Waals surface area contributed by atoms with E-state index in [9.17, 15) is 10.1 Å². The van der Waals surface area contributed by atoms with E-state index in [0.29, 0.717) is 21.1 Å². The minimum atomic E-state index is -0.476. The van der Waals surface area contributed by atoms with Gasteiger partial charge in [0.25, 0.3) is 0 Å². The van der Waals surface area contributed by atoms with Gasteiger partial charge in [0.1, 0.15) is 16.4 Å². The Morgan fingerprint density at radius 2 is 2.25 bits per heavy atom. The second-order valence-corrected chi connectivity index (χ2v) is 3.89. The van der Waals surface area contributed by atoms with Gasteiger partial charge >= 0.3 is 5.69 Å². The first-order valence-electron chi connectivity index (χ1n) is 4.40. The van der Waals surface area contributed by atoms with E-state index in [1.54, 1.807) is 25.3 Å². The van der Waals surface area contributed by atoms with Crippen molar-refractivity contribution in [2.45, 2.75) is 0 Å². The summed E-state index contributed by atoms with van der Waals surface area (Å²) < 4.78 is 5.48. The molecule has 82 valence electrons. The summed E-state index contributed by atoms with van der Waals surface area (Å²) in [5.74, 6) is 0.635. The van der Waals surface area contributed by atoms with E-state index < -0.39 is 4.92 Å². The predicted molar refractivity (Wildman–Crippen MR) is 62.6 cm³/mol. The lowest BCUT2D eigenvalue weighted by Gasteiger charge is -2.03. The highest BCUT2D eigenvalue weighted by atomic mass is 79.9. The molecule has 0 saturated carbocycles. The summed E-state index contributed by atoms with van der Waals surface area (Å²) in [7, 11) is 1.54. The van der Waals surface area contributed by atoms with Crippen molar-refractivity contribution >= 4 is 32.5 Å². The maximum Gasteiger partial charge on any atom is 0.302 e. The molecule has 5 nitrogen and oxygen atoms in total. The number of methoxy groups -OCH3 is 1. The number of nitrogens with zero attached hydrogens (tertiary/aromatic N) is 2. The Kier molecular flexibility index (Phi) is 2.74. The van der Waals surface area contributed by atoms with Crippen LogP contribution in [0.15, 0.2) is 28.9 Å². The SMILES string of the molecule is COc1ccc2ncc([N+](=O)[O-])c(Br)c2c1. The van der Waals surface area contributed by atoms with Crippen molar-refractivity contribution in [1.82, 2.24) is 4.98 Å². The van der Waals surface area contributed by atoms with Gasteiger partial charge in [-0.2, -0.15) is 0 Å². The molecular weight excluding hydrogens is 276 g/mol. The molecule has 0 spiro atoms. The predicted octanol–water partition coefficient (Wildman–Crippen LogP) is 2.91. The lowest BCUT2D eigenvalue weighted by Crippen LogP contribution is -1.92. The van der Waals surface area contributed by atoms with Crippen molar-refractivity contribution < 1.29 is 9.66 Å². The Morgan fingerprint density at radius 3 is 2.88 bits per heavy atom. The van der Waals surface area contributed by atoms with Crippen LogP contribution in [0.5, 0.6) is 5.75 Å². The molecule has 16 heavy (non-hydrogen) atoms. The van der Waals surface area contributed by atoms with Gasteiger partial charge in [0.2, 0.25) is 0 Å². The van der Waals surface area contributed by atoms with E-state index in [0.717, 1.165) is 0 Å². The monoisotopic (exact) mass is 282 g/mol. The fourth-order valence-electron chi connectivity index (χ4n) is 1.38. The number of rotatable bonds is 2. The van der Waals surface area contributed by atoms with Crippen molar-refractivity contribution in [2.75, 3.05) is 7.11 Å². The summed E-state index contributed by atoms with van der Waals surface area (Å²) >= 11 is 3.21. The van der Waals surface area contributed by atoms with Crippen LogP contribution >= 0.6 is 15.9 Å². The number of hydrogen-bond acceptors (Lipinski definition) is 4. The number of nitro groups is 1. The summed E-state index contributed by atoms with van der Waals surface area (Å²) in [6, 6.07) is 5.22. The summed E-state index contributed by atoms with van der Waals surface area (Å²) in [6.45, 7) is 0. The van der Waals surface area contributed by atoms with Crippen LogP contribution in [-0.2, 0) is 0 Å². The molecule has 0 aliphatic rings. The topological polar surface area (TPSA) is 65.3 Å². The Bertz CT molecular complexity index is 571. The van der Waals surface area contributed by atoms with E-state index in [2.05, 4.69) is 20.9 Å². The quantitative estimate of drug-likeness (QED) is 0.628. The van der Waals surface area contributed by atoms with Crippen LogP contribution in [0.1, 0.15) is 0 Å². The number of aromatic nitrogens is 1. The largest absolute Gasteiger partial charge is 0.497 e. The van der Waals surface area contributed by atoms with Crippen molar-refractivity contribution in [3.63, 3.8) is 0 Å². The fraction of sp³-hybridized carbons (Fsp3) is 0.100. The van der Waals surface area contributed by atoms with E-state index in [1.807, 2.05) is 0 Å². The van der Waals surface area contributed by atoms with Gasteiger partial charge in [-0.15, -0.1) is 0 Å². The molecule has 0 N–H and O–H groups in total. The lowest BCUT2D eigenvalue weighted by molar-refractivity contribution is -0.385. The molecule has 2 rings (SSSR count). The number of ether oxygens (including phenoxy) is 1. The molecule has 0 aliphatic carbocycles. The second kappa shape index (κ2) is 4.05. The third-order valence-electron chi connectivity index (χ3n) is 2.19. The van der Waals surface area contributed by atoms with Gasteiger partial charge in [0.05, 0.1) is 17.5 Å². The average molecular weight is 283 g/mol.